The van der Waals surface area contributed by atoms with E-state index in [1.165, 1.54) is 0 Å². The number of nitrogens with one attached hydrogen (secondary N) is 1. The zero-order chi connectivity index (χ0) is 13.5. The summed E-state index contributed by atoms with van der Waals surface area (Å²) in [4.78, 5) is 13.1. The van der Waals surface area contributed by atoms with Gasteiger partial charge in [0.05, 0.1) is 12.2 Å². The second kappa shape index (κ2) is 7.42. The van der Waals surface area contributed by atoms with Crippen molar-refractivity contribution in [2.45, 2.75) is 19.4 Å². The number of carbonyl (C=O) groups is 1. The van der Waals surface area contributed by atoms with Gasteiger partial charge in [-0.25, -0.2) is 4.79 Å². The molecule has 0 rings (SSSR count). The van der Waals surface area contributed by atoms with E-state index >= 15 is 0 Å². The summed E-state index contributed by atoms with van der Waals surface area (Å²) < 4.78 is 4.80. The van der Waals surface area contributed by atoms with Crippen LogP contribution in [0.25, 0.3) is 0 Å². The SMILES string of the molecule is C=C(CNCC(C)(O)CN(C)C)C(=O)OCC. The van der Waals surface area contributed by atoms with Gasteiger partial charge in [-0.3, -0.25) is 0 Å². The van der Waals surface area contributed by atoms with Gasteiger partial charge in [0.2, 0.25) is 0 Å². The lowest BCUT2D eigenvalue weighted by Gasteiger charge is -2.27. The fourth-order valence-electron chi connectivity index (χ4n) is 1.53. The van der Waals surface area contributed by atoms with Gasteiger partial charge in [0, 0.05) is 25.2 Å². The first-order valence-electron chi connectivity index (χ1n) is 5.71. The van der Waals surface area contributed by atoms with Gasteiger partial charge in [0.25, 0.3) is 0 Å². The van der Waals surface area contributed by atoms with Crippen molar-refractivity contribution in [3.05, 3.63) is 12.2 Å². The summed E-state index contributed by atoms with van der Waals surface area (Å²) in [6.45, 7) is 8.72. The molecule has 0 fully saturated rings. The van der Waals surface area contributed by atoms with Gasteiger partial charge >= 0.3 is 5.97 Å². The molecule has 5 nitrogen and oxygen atoms in total. The number of hydrogen-bond acceptors (Lipinski definition) is 5. The van der Waals surface area contributed by atoms with Gasteiger partial charge in [-0.1, -0.05) is 6.58 Å². The van der Waals surface area contributed by atoms with E-state index in [0.29, 0.717) is 31.8 Å². The molecule has 2 N–H and O–H groups in total. The number of esters is 1. The molecule has 5 heteroatoms. The fraction of sp³-hybridized carbons (Fsp3) is 0.750. The standard InChI is InChI=1S/C12H24N2O3/c1-6-17-11(15)10(2)7-13-8-12(3,16)9-14(4)5/h13,16H,2,6-9H2,1,3-5H3. The molecule has 100 valence electrons. The molecule has 0 aromatic carbocycles. The Morgan fingerprint density at radius 2 is 2.12 bits per heavy atom. The van der Waals surface area contributed by atoms with Crippen LogP contribution in [0.1, 0.15) is 13.8 Å². The topological polar surface area (TPSA) is 61.8 Å². The van der Waals surface area contributed by atoms with Crippen molar-refractivity contribution in [3.63, 3.8) is 0 Å². The number of nitrogens with zero attached hydrogens (tertiary/aromatic N) is 1. The average Bonchev–Trinajstić information content (AvgIpc) is 2.15. The molecule has 0 aliphatic rings. The van der Waals surface area contributed by atoms with Crippen molar-refractivity contribution in [1.29, 1.82) is 0 Å². The summed E-state index contributed by atoms with van der Waals surface area (Å²) in [6, 6.07) is 0. The van der Waals surface area contributed by atoms with Crippen LogP contribution in [0.5, 0.6) is 0 Å². The predicted molar refractivity (Wildman–Crippen MR) is 67.8 cm³/mol. The maximum atomic E-state index is 11.2. The molecule has 1 unspecified atom stereocenters. The first-order valence-corrected chi connectivity index (χ1v) is 5.71. The van der Waals surface area contributed by atoms with Crippen LogP contribution in [0.2, 0.25) is 0 Å². The first-order chi connectivity index (χ1) is 7.78. The van der Waals surface area contributed by atoms with Crippen LogP contribution >= 0.6 is 0 Å². The summed E-state index contributed by atoms with van der Waals surface area (Å²) in [5.74, 6) is -0.396. The largest absolute Gasteiger partial charge is 0.463 e. The smallest absolute Gasteiger partial charge is 0.334 e. The Balaban J connectivity index is 3.90. The quantitative estimate of drug-likeness (QED) is 0.465. The van der Waals surface area contributed by atoms with E-state index in [0.717, 1.165) is 0 Å². The maximum Gasteiger partial charge on any atom is 0.334 e. The molecular weight excluding hydrogens is 220 g/mol. The van der Waals surface area contributed by atoms with Crippen molar-refractivity contribution >= 4 is 5.97 Å². The number of hydrogen-bond donors (Lipinski definition) is 2. The lowest BCUT2D eigenvalue weighted by atomic mass is 10.1. The summed E-state index contributed by atoms with van der Waals surface area (Å²) in [5, 5.41) is 13.0. The van der Waals surface area contributed by atoms with Crippen LogP contribution in [0.3, 0.4) is 0 Å². The zero-order valence-corrected chi connectivity index (χ0v) is 11.2. The van der Waals surface area contributed by atoms with E-state index < -0.39 is 11.6 Å². The number of aliphatic hydroxyl groups is 1. The highest BCUT2D eigenvalue weighted by atomic mass is 16.5. The highest BCUT2D eigenvalue weighted by Gasteiger charge is 2.21. The summed E-state index contributed by atoms with van der Waals surface area (Å²) in [6.07, 6.45) is 0. The van der Waals surface area contributed by atoms with E-state index in [9.17, 15) is 9.90 Å². The van der Waals surface area contributed by atoms with Crippen LogP contribution in [-0.2, 0) is 9.53 Å². The Kier molecular flexibility index (Phi) is 7.03. The molecule has 0 aliphatic carbocycles. The fourth-order valence-corrected chi connectivity index (χ4v) is 1.53. The lowest BCUT2D eigenvalue weighted by Crippen LogP contribution is -2.46. The second-order valence-electron chi connectivity index (χ2n) is 4.66. The van der Waals surface area contributed by atoms with Gasteiger partial charge in [-0.15, -0.1) is 0 Å². The number of rotatable bonds is 8. The summed E-state index contributed by atoms with van der Waals surface area (Å²) in [5.41, 5.74) is -0.467. The molecule has 0 spiro atoms. The molecule has 0 radical (unpaired) electrons. The Morgan fingerprint density at radius 3 is 2.59 bits per heavy atom. The monoisotopic (exact) mass is 244 g/mol. The van der Waals surface area contributed by atoms with Crippen LogP contribution in [0, 0.1) is 0 Å². The first kappa shape index (κ1) is 16.1. The molecule has 0 aromatic rings. The molecule has 0 aromatic heterocycles. The molecular formula is C12H24N2O3. The Bertz CT molecular complexity index is 262. The molecule has 0 bridgehead atoms. The minimum atomic E-state index is -0.835. The Morgan fingerprint density at radius 1 is 1.53 bits per heavy atom. The highest BCUT2D eigenvalue weighted by molar-refractivity contribution is 5.88. The molecule has 0 heterocycles. The number of carbonyl (C=O) groups excluding carboxylic acids is 1. The van der Waals surface area contributed by atoms with E-state index in [4.69, 9.17) is 4.74 Å². The predicted octanol–water partition coefficient (Wildman–Crippen LogP) is 0.00790. The summed E-state index contributed by atoms with van der Waals surface area (Å²) >= 11 is 0. The third kappa shape index (κ3) is 7.90. The minimum Gasteiger partial charge on any atom is -0.463 e. The van der Waals surface area contributed by atoms with Crippen molar-refractivity contribution in [3.8, 4) is 0 Å². The van der Waals surface area contributed by atoms with Crippen LogP contribution < -0.4 is 5.32 Å². The highest BCUT2D eigenvalue weighted by Crippen LogP contribution is 2.03. The Labute approximate surface area is 103 Å². The van der Waals surface area contributed by atoms with Gasteiger partial charge in [0.15, 0.2) is 0 Å². The minimum absolute atomic E-state index is 0.322. The van der Waals surface area contributed by atoms with Crippen molar-refractivity contribution in [2.24, 2.45) is 0 Å². The van der Waals surface area contributed by atoms with Gasteiger partial charge in [-0.05, 0) is 27.9 Å². The molecule has 1 atom stereocenters. The maximum absolute atomic E-state index is 11.2. The van der Waals surface area contributed by atoms with E-state index in [1.54, 1.807) is 13.8 Å². The van der Waals surface area contributed by atoms with E-state index in [1.807, 2.05) is 19.0 Å². The van der Waals surface area contributed by atoms with Crippen molar-refractivity contribution < 1.29 is 14.6 Å². The average molecular weight is 244 g/mol. The third-order valence-electron chi connectivity index (χ3n) is 2.07. The molecule has 0 saturated carbocycles. The zero-order valence-electron chi connectivity index (χ0n) is 11.2. The van der Waals surface area contributed by atoms with Gasteiger partial charge in [-0.2, -0.15) is 0 Å². The third-order valence-corrected chi connectivity index (χ3v) is 2.07. The van der Waals surface area contributed by atoms with E-state index in [-0.39, 0.29) is 0 Å². The normalized spacial score (nSPS) is 14.5. The molecule has 0 saturated heterocycles. The number of likely N-dealkylation sites (N-methyl/N-ethyl adjacent to an activating group) is 1. The Hall–Kier alpha value is -0.910. The molecule has 0 aliphatic heterocycles. The van der Waals surface area contributed by atoms with Crippen LogP contribution in [-0.4, -0.2) is 61.9 Å². The second-order valence-corrected chi connectivity index (χ2v) is 4.66. The van der Waals surface area contributed by atoms with Crippen LogP contribution in [0.15, 0.2) is 12.2 Å². The lowest BCUT2D eigenvalue weighted by molar-refractivity contribution is -0.138. The molecule has 0 amide bonds. The van der Waals surface area contributed by atoms with Crippen molar-refractivity contribution in [2.75, 3.05) is 40.3 Å². The summed E-state index contributed by atoms with van der Waals surface area (Å²) in [7, 11) is 3.79. The number of ether oxygens (including phenoxy) is 1. The van der Waals surface area contributed by atoms with E-state index in [2.05, 4.69) is 11.9 Å². The van der Waals surface area contributed by atoms with Gasteiger partial charge in [0.1, 0.15) is 0 Å². The molecule has 17 heavy (non-hydrogen) atoms. The van der Waals surface area contributed by atoms with Crippen LogP contribution in [0.4, 0.5) is 0 Å². The van der Waals surface area contributed by atoms with Crippen molar-refractivity contribution in [1.82, 2.24) is 10.2 Å². The van der Waals surface area contributed by atoms with Gasteiger partial charge < -0.3 is 20.1 Å².